The van der Waals surface area contributed by atoms with Crippen molar-refractivity contribution in [3.8, 4) is 0 Å². The van der Waals surface area contributed by atoms with Crippen LogP contribution in [0.3, 0.4) is 0 Å². The molecule has 110 valence electrons. The third-order valence-electron chi connectivity index (χ3n) is 4.38. The highest BCUT2D eigenvalue weighted by Gasteiger charge is 2.23. The quantitative estimate of drug-likeness (QED) is 0.678. The van der Waals surface area contributed by atoms with Crippen molar-refractivity contribution in [2.75, 3.05) is 25.5 Å². The second-order valence-electron chi connectivity index (χ2n) is 5.83. The van der Waals surface area contributed by atoms with Crippen LogP contribution in [0.25, 0.3) is 0 Å². The number of nitrogens with one attached hydrogen (secondary N) is 1. The van der Waals surface area contributed by atoms with Crippen molar-refractivity contribution in [3.05, 3.63) is 33.9 Å². The number of hydrogen-bond donors (Lipinski definition) is 1. The van der Waals surface area contributed by atoms with Gasteiger partial charge in [0, 0.05) is 38.0 Å². The Hall–Kier alpha value is -1.62. The van der Waals surface area contributed by atoms with Crippen LogP contribution in [-0.4, -0.2) is 30.0 Å². The van der Waals surface area contributed by atoms with Crippen LogP contribution in [0.2, 0.25) is 0 Å². The van der Waals surface area contributed by atoms with Gasteiger partial charge in [0.2, 0.25) is 0 Å². The fraction of sp³-hybridized carbons (Fsp3) is 0.600. The molecule has 0 radical (unpaired) electrons. The number of non-ortho nitro benzene ring substituents is 1. The van der Waals surface area contributed by atoms with E-state index >= 15 is 0 Å². The van der Waals surface area contributed by atoms with Gasteiger partial charge >= 0.3 is 0 Å². The average Bonchev–Trinajstić information content (AvgIpc) is 2.42. The standard InChI is InChI=1S/C15H23N3O2/c1-11-6-7-17(9-12(11)2)10-13-8-14(18(19)20)4-5-15(13)16-3/h4-5,8,11-12,16H,6-7,9-10H2,1-3H3. The summed E-state index contributed by atoms with van der Waals surface area (Å²) in [5.41, 5.74) is 2.14. The molecule has 5 nitrogen and oxygen atoms in total. The van der Waals surface area contributed by atoms with Crippen molar-refractivity contribution in [2.45, 2.75) is 26.8 Å². The lowest BCUT2D eigenvalue weighted by atomic mass is 9.88. The molecule has 0 spiro atoms. The zero-order valence-corrected chi connectivity index (χ0v) is 12.4. The predicted octanol–water partition coefficient (Wildman–Crippen LogP) is 3.11. The molecule has 0 aliphatic carbocycles. The van der Waals surface area contributed by atoms with Gasteiger partial charge in [0.1, 0.15) is 0 Å². The summed E-state index contributed by atoms with van der Waals surface area (Å²) in [6.45, 7) is 7.48. The van der Waals surface area contributed by atoms with Crippen LogP contribution < -0.4 is 5.32 Å². The maximum Gasteiger partial charge on any atom is 0.269 e. The summed E-state index contributed by atoms with van der Waals surface area (Å²) < 4.78 is 0. The molecule has 0 amide bonds. The molecule has 2 atom stereocenters. The molecule has 1 aromatic rings. The number of nitrogens with zero attached hydrogens (tertiary/aromatic N) is 2. The Morgan fingerprint density at radius 1 is 1.40 bits per heavy atom. The first-order chi connectivity index (χ1) is 9.51. The van der Waals surface area contributed by atoms with E-state index in [2.05, 4.69) is 24.1 Å². The van der Waals surface area contributed by atoms with Crippen molar-refractivity contribution in [1.82, 2.24) is 4.90 Å². The van der Waals surface area contributed by atoms with Gasteiger partial charge in [-0.3, -0.25) is 15.0 Å². The number of likely N-dealkylation sites (tertiary alicyclic amines) is 1. The number of rotatable bonds is 4. The predicted molar refractivity (Wildman–Crippen MR) is 80.9 cm³/mol. The minimum absolute atomic E-state index is 0.164. The van der Waals surface area contributed by atoms with E-state index < -0.39 is 0 Å². The zero-order valence-electron chi connectivity index (χ0n) is 12.4. The van der Waals surface area contributed by atoms with Crippen molar-refractivity contribution >= 4 is 11.4 Å². The minimum Gasteiger partial charge on any atom is -0.388 e. The lowest BCUT2D eigenvalue weighted by molar-refractivity contribution is -0.384. The van der Waals surface area contributed by atoms with Crippen molar-refractivity contribution in [2.24, 2.45) is 11.8 Å². The van der Waals surface area contributed by atoms with E-state index in [0.29, 0.717) is 5.92 Å². The Kier molecular flexibility index (Phi) is 4.60. The van der Waals surface area contributed by atoms with Crippen LogP contribution in [0, 0.1) is 22.0 Å². The van der Waals surface area contributed by atoms with Gasteiger partial charge in [-0.25, -0.2) is 0 Å². The first-order valence-electron chi connectivity index (χ1n) is 7.18. The average molecular weight is 277 g/mol. The van der Waals surface area contributed by atoms with Gasteiger partial charge in [0.15, 0.2) is 0 Å². The number of benzene rings is 1. The summed E-state index contributed by atoms with van der Waals surface area (Å²) in [7, 11) is 1.85. The maximum absolute atomic E-state index is 10.9. The van der Waals surface area contributed by atoms with Gasteiger partial charge in [-0.2, -0.15) is 0 Å². The largest absolute Gasteiger partial charge is 0.388 e. The molecule has 2 unspecified atom stereocenters. The Balaban J connectivity index is 2.15. The number of nitro groups is 1. The number of piperidine rings is 1. The molecule has 1 aliphatic heterocycles. The molecule has 1 heterocycles. The molecule has 1 aromatic carbocycles. The molecule has 1 N–H and O–H groups in total. The molecule has 0 bridgehead atoms. The zero-order chi connectivity index (χ0) is 14.7. The minimum atomic E-state index is -0.330. The van der Waals surface area contributed by atoms with Gasteiger partial charge in [-0.05, 0) is 36.4 Å². The van der Waals surface area contributed by atoms with Gasteiger partial charge in [-0.1, -0.05) is 13.8 Å². The first kappa shape index (κ1) is 14.8. The monoisotopic (exact) mass is 277 g/mol. The third kappa shape index (κ3) is 3.28. The third-order valence-corrected chi connectivity index (χ3v) is 4.38. The summed E-state index contributed by atoms with van der Waals surface area (Å²) in [5.74, 6) is 1.45. The highest BCUT2D eigenvalue weighted by molar-refractivity contribution is 5.55. The van der Waals surface area contributed by atoms with Crippen LogP contribution in [0.15, 0.2) is 18.2 Å². The summed E-state index contributed by atoms with van der Waals surface area (Å²) in [5, 5.41) is 14.0. The van der Waals surface area contributed by atoms with Crippen LogP contribution in [0.4, 0.5) is 11.4 Å². The van der Waals surface area contributed by atoms with Gasteiger partial charge in [0.05, 0.1) is 4.92 Å². The van der Waals surface area contributed by atoms with Crippen molar-refractivity contribution < 1.29 is 4.92 Å². The smallest absolute Gasteiger partial charge is 0.269 e. The second-order valence-corrected chi connectivity index (χ2v) is 5.83. The number of hydrogen-bond acceptors (Lipinski definition) is 4. The van der Waals surface area contributed by atoms with E-state index in [0.717, 1.165) is 36.8 Å². The lowest BCUT2D eigenvalue weighted by Gasteiger charge is -2.35. The van der Waals surface area contributed by atoms with Crippen LogP contribution in [0.1, 0.15) is 25.8 Å². The second kappa shape index (κ2) is 6.22. The highest BCUT2D eigenvalue weighted by atomic mass is 16.6. The Bertz CT molecular complexity index is 490. The molecule has 1 fully saturated rings. The molecule has 20 heavy (non-hydrogen) atoms. The molecule has 5 heteroatoms. The maximum atomic E-state index is 10.9. The molecule has 0 saturated carbocycles. The van der Waals surface area contributed by atoms with E-state index in [1.54, 1.807) is 18.2 Å². The molecule has 0 aromatic heterocycles. The van der Waals surface area contributed by atoms with E-state index in [1.165, 1.54) is 6.42 Å². The topological polar surface area (TPSA) is 58.4 Å². The molecule has 1 aliphatic rings. The van der Waals surface area contributed by atoms with E-state index in [1.807, 2.05) is 7.05 Å². The van der Waals surface area contributed by atoms with E-state index in [4.69, 9.17) is 0 Å². The van der Waals surface area contributed by atoms with Gasteiger partial charge < -0.3 is 5.32 Å². The SMILES string of the molecule is CNc1ccc([N+](=O)[O-])cc1CN1CCC(C)C(C)C1. The highest BCUT2D eigenvalue weighted by Crippen LogP contribution is 2.27. The Labute approximate surface area is 120 Å². The normalized spacial score (nSPS) is 23.6. The number of anilines is 1. The summed E-state index contributed by atoms with van der Waals surface area (Å²) in [6.07, 6.45) is 1.20. The van der Waals surface area contributed by atoms with Crippen molar-refractivity contribution in [3.63, 3.8) is 0 Å². The van der Waals surface area contributed by atoms with Gasteiger partial charge in [-0.15, -0.1) is 0 Å². The van der Waals surface area contributed by atoms with Gasteiger partial charge in [0.25, 0.3) is 5.69 Å². The number of nitro benzene ring substituents is 1. The Morgan fingerprint density at radius 2 is 2.15 bits per heavy atom. The molecular formula is C15H23N3O2. The summed E-state index contributed by atoms with van der Waals surface area (Å²) in [6, 6.07) is 5.04. The van der Waals surface area contributed by atoms with E-state index in [-0.39, 0.29) is 10.6 Å². The molecule has 1 saturated heterocycles. The fourth-order valence-corrected chi connectivity index (χ4v) is 2.80. The van der Waals surface area contributed by atoms with E-state index in [9.17, 15) is 10.1 Å². The van der Waals surface area contributed by atoms with Crippen molar-refractivity contribution in [1.29, 1.82) is 0 Å². The molecular weight excluding hydrogens is 254 g/mol. The lowest BCUT2D eigenvalue weighted by Crippen LogP contribution is -2.37. The fourth-order valence-electron chi connectivity index (χ4n) is 2.80. The Morgan fingerprint density at radius 3 is 2.75 bits per heavy atom. The van der Waals surface area contributed by atoms with Crippen LogP contribution in [-0.2, 0) is 6.54 Å². The summed E-state index contributed by atoms with van der Waals surface area (Å²) in [4.78, 5) is 13.0. The first-order valence-corrected chi connectivity index (χ1v) is 7.18. The molecule has 2 rings (SSSR count). The van der Waals surface area contributed by atoms with Crippen LogP contribution >= 0.6 is 0 Å². The summed E-state index contributed by atoms with van der Waals surface area (Å²) >= 11 is 0. The van der Waals surface area contributed by atoms with Crippen LogP contribution in [0.5, 0.6) is 0 Å².